The van der Waals surface area contributed by atoms with Crippen LogP contribution in [0.2, 0.25) is 0 Å². The Morgan fingerprint density at radius 1 is 0.923 bits per heavy atom. The predicted molar refractivity (Wildman–Crippen MR) is 108 cm³/mol. The normalized spacial score (nSPS) is 18.4. The van der Waals surface area contributed by atoms with Crippen molar-refractivity contribution in [3.63, 3.8) is 0 Å². The highest BCUT2D eigenvalue weighted by atomic mass is 32.1. The van der Waals surface area contributed by atoms with Crippen molar-refractivity contribution in [1.29, 1.82) is 0 Å². The Morgan fingerprint density at radius 2 is 1.62 bits per heavy atom. The lowest BCUT2D eigenvalue weighted by atomic mass is 9.87. The van der Waals surface area contributed by atoms with Gasteiger partial charge in [0, 0.05) is 9.48 Å². The Bertz CT molecular complexity index is 901. The highest BCUT2D eigenvalue weighted by Gasteiger charge is 2.52. The summed E-state index contributed by atoms with van der Waals surface area (Å²) in [5.74, 6) is 0.885. The van der Waals surface area contributed by atoms with Crippen molar-refractivity contribution in [2.75, 3.05) is 0 Å². The molecule has 1 saturated heterocycles. The Morgan fingerprint density at radius 3 is 2.31 bits per heavy atom. The van der Waals surface area contributed by atoms with Crippen LogP contribution in [0, 0.1) is 0 Å². The van der Waals surface area contributed by atoms with Gasteiger partial charge in [-0.15, -0.1) is 11.3 Å². The maximum absolute atomic E-state index is 6.18. The molecule has 0 spiro atoms. The van der Waals surface area contributed by atoms with E-state index in [2.05, 4.69) is 52.0 Å². The molecule has 3 nitrogen and oxygen atoms in total. The Balaban J connectivity index is 1.53. The molecule has 0 aliphatic carbocycles. The summed E-state index contributed by atoms with van der Waals surface area (Å²) >= 11 is 1.73. The second kappa shape index (κ2) is 6.41. The molecular formula is C21H23BO3S. The van der Waals surface area contributed by atoms with Gasteiger partial charge >= 0.3 is 7.12 Å². The highest BCUT2D eigenvalue weighted by molar-refractivity contribution is 7.28. The minimum atomic E-state index is -0.317. The highest BCUT2D eigenvalue weighted by Crippen LogP contribution is 2.37. The number of ether oxygens (including phenoxy) is 1. The van der Waals surface area contributed by atoms with Crippen LogP contribution in [0.4, 0.5) is 0 Å². The van der Waals surface area contributed by atoms with Crippen LogP contribution < -0.4 is 9.51 Å². The third kappa shape index (κ3) is 3.27. The first-order chi connectivity index (χ1) is 12.3. The minimum Gasteiger partial charge on any atom is -0.489 e. The average Bonchev–Trinajstić information content (AvgIpc) is 3.11. The fourth-order valence-electron chi connectivity index (χ4n) is 2.96. The summed E-state index contributed by atoms with van der Waals surface area (Å²) in [5, 5.41) is 1.20. The summed E-state index contributed by atoms with van der Waals surface area (Å²) in [4.78, 5) is 0. The molecule has 0 atom stereocenters. The quantitative estimate of drug-likeness (QED) is 0.622. The smallest absolute Gasteiger partial charge is 0.489 e. The lowest BCUT2D eigenvalue weighted by Crippen LogP contribution is -2.41. The fourth-order valence-corrected chi connectivity index (χ4v) is 3.97. The van der Waals surface area contributed by atoms with E-state index >= 15 is 0 Å². The number of fused-ring (bicyclic) bond motifs is 1. The van der Waals surface area contributed by atoms with Crippen LogP contribution in [0.25, 0.3) is 10.1 Å². The van der Waals surface area contributed by atoms with E-state index in [1.807, 2.05) is 30.3 Å². The van der Waals surface area contributed by atoms with Crippen molar-refractivity contribution in [3.8, 4) is 5.75 Å². The lowest BCUT2D eigenvalue weighted by molar-refractivity contribution is 0.00578. The third-order valence-electron chi connectivity index (χ3n) is 5.23. The van der Waals surface area contributed by atoms with Gasteiger partial charge in [-0.25, -0.2) is 0 Å². The molecule has 1 fully saturated rings. The first-order valence-corrected chi connectivity index (χ1v) is 9.72. The van der Waals surface area contributed by atoms with Crippen LogP contribution in [0.5, 0.6) is 5.75 Å². The summed E-state index contributed by atoms with van der Waals surface area (Å²) in [6.07, 6.45) is 0. The molecule has 0 radical (unpaired) electrons. The van der Waals surface area contributed by atoms with Crippen molar-refractivity contribution >= 4 is 33.3 Å². The van der Waals surface area contributed by atoms with E-state index in [1.165, 1.54) is 10.1 Å². The first-order valence-electron chi connectivity index (χ1n) is 8.90. The molecule has 0 bridgehead atoms. The lowest BCUT2D eigenvalue weighted by Gasteiger charge is -2.32. The molecule has 1 aliphatic heterocycles. The number of thiophene rings is 1. The van der Waals surface area contributed by atoms with E-state index in [4.69, 9.17) is 14.0 Å². The fraction of sp³-hybridized carbons (Fsp3) is 0.333. The summed E-state index contributed by atoms with van der Waals surface area (Å²) in [5.41, 5.74) is 0.519. The van der Waals surface area contributed by atoms with Crippen molar-refractivity contribution in [2.24, 2.45) is 0 Å². The molecule has 0 N–H and O–H groups in total. The van der Waals surface area contributed by atoms with Crippen LogP contribution in [0.1, 0.15) is 33.3 Å². The Kier molecular flexibility index (Phi) is 4.34. The van der Waals surface area contributed by atoms with Gasteiger partial charge in [-0.1, -0.05) is 24.3 Å². The van der Waals surface area contributed by atoms with Crippen LogP contribution in [-0.2, 0) is 15.9 Å². The van der Waals surface area contributed by atoms with Gasteiger partial charge in [-0.3, -0.25) is 0 Å². The molecule has 1 aromatic heterocycles. The van der Waals surface area contributed by atoms with Crippen LogP contribution in [-0.4, -0.2) is 18.3 Å². The van der Waals surface area contributed by atoms with Crippen LogP contribution in [0.3, 0.4) is 0 Å². The maximum atomic E-state index is 6.18. The topological polar surface area (TPSA) is 27.7 Å². The summed E-state index contributed by atoms with van der Waals surface area (Å²) in [6, 6.07) is 18.5. The summed E-state index contributed by atoms with van der Waals surface area (Å²) < 4.78 is 20.6. The van der Waals surface area contributed by atoms with Gasteiger partial charge in [-0.2, -0.15) is 0 Å². The van der Waals surface area contributed by atoms with Gasteiger partial charge in [0.25, 0.3) is 0 Å². The zero-order valence-corrected chi connectivity index (χ0v) is 16.4. The van der Waals surface area contributed by atoms with Gasteiger partial charge < -0.3 is 14.0 Å². The molecule has 26 heavy (non-hydrogen) atoms. The predicted octanol–water partition coefficient (Wildman–Crippen LogP) is 4.78. The maximum Gasteiger partial charge on any atom is 0.505 e. The van der Waals surface area contributed by atoms with E-state index in [0.29, 0.717) is 6.61 Å². The summed E-state index contributed by atoms with van der Waals surface area (Å²) in [6.45, 7) is 8.89. The van der Waals surface area contributed by atoms with Gasteiger partial charge in [0.2, 0.25) is 0 Å². The zero-order valence-electron chi connectivity index (χ0n) is 15.6. The number of hydrogen-bond acceptors (Lipinski definition) is 4. The molecule has 5 heteroatoms. The van der Waals surface area contributed by atoms with E-state index in [-0.39, 0.29) is 18.3 Å². The molecular weight excluding hydrogens is 343 g/mol. The molecule has 2 aromatic carbocycles. The molecule has 0 amide bonds. The molecule has 134 valence electrons. The standard InChI is InChI=1S/C21H23BO3S/c1-20(2)21(3,4)25-22(24-20)19-13-16-12-15(10-11-18(16)26-19)14-23-17-8-6-5-7-9-17/h5-13H,14H2,1-4H3. The first kappa shape index (κ1) is 17.6. The number of rotatable bonds is 4. The average molecular weight is 366 g/mol. The number of benzene rings is 2. The van der Waals surface area contributed by atoms with Gasteiger partial charge in [-0.05, 0) is 69.0 Å². The van der Waals surface area contributed by atoms with E-state index in [0.717, 1.165) is 16.1 Å². The van der Waals surface area contributed by atoms with E-state index in [1.54, 1.807) is 11.3 Å². The molecule has 0 saturated carbocycles. The van der Waals surface area contributed by atoms with Gasteiger partial charge in [0.1, 0.15) is 12.4 Å². The van der Waals surface area contributed by atoms with Crippen LogP contribution in [0.15, 0.2) is 54.6 Å². The van der Waals surface area contributed by atoms with Crippen molar-refractivity contribution in [1.82, 2.24) is 0 Å². The monoisotopic (exact) mass is 366 g/mol. The second-order valence-electron chi connectivity index (χ2n) is 7.71. The Hall–Kier alpha value is -1.82. The SMILES string of the molecule is CC1(C)OB(c2cc3cc(COc4ccccc4)ccc3s2)OC1(C)C. The molecule has 2 heterocycles. The Labute approximate surface area is 159 Å². The minimum absolute atomic E-state index is 0.304. The van der Waals surface area contributed by atoms with Crippen LogP contribution >= 0.6 is 11.3 Å². The number of hydrogen-bond donors (Lipinski definition) is 0. The van der Waals surface area contributed by atoms with E-state index in [9.17, 15) is 0 Å². The largest absolute Gasteiger partial charge is 0.505 e. The zero-order chi connectivity index (χ0) is 18.4. The molecule has 3 aromatic rings. The van der Waals surface area contributed by atoms with E-state index < -0.39 is 0 Å². The van der Waals surface area contributed by atoms with Gasteiger partial charge in [0.15, 0.2) is 0 Å². The second-order valence-corrected chi connectivity index (χ2v) is 8.83. The molecule has 0 unspecified atom stereocenters. The van der Waals surface area contributed by atoms with Crippen molar-refractivity contribution < 1.29 is 14.0 Å². The number of para-hydroxylation sites is 1. The van der Waals surface area contributed by atoms with Crippen molar-refractivity contribution in [3.05, 3.63) is 60.2 Å². The molecule has 4 rings (SSSR count). The molecule has 1 aliphatic rings. The summed E-state index contributed by atoms with van der Waals surface area (Å²) in [7, 11) is -0.304. The van der Waals surface area contributed by atoms with Crippen molar-refractivity contribution in [2.45, 2.75) is 45.5 Å². The van der Waals surface area contributed by atoms with Gasteiger partial charge in [0.05, 0.1) is 11.2 Å². The third-order valence-corrected chi connectivity index (χ3v) is 6.37.